The first kappa shape index (κ1) is 13.8. The van der Waals surface area contributed by atoms with E-state index < -0.39 is 0 Å². The lowest BCUT2D eigenvalue weighted by molar-refractivity contribution is 0.478. The van der Waals surface area contributed by atoms with Crippen LogP contribution in [0.2, 0.25) is 0 Å². The van der Waals surface area contributed by atoms with E-state index in [-0.39, 0.29) is 0 Å². The highest BCUT2D eigenvalue weighted by Gasteiger charge is 2.16. The van der Waals surface area contributed by atoms with E-state index in [1.165, 1.54) is 10.3 Å². The van der Waals surface area contributed by atoms with Gasteiger partial charge >= 0.3 is 0 Å². The number of anilines is 1. The number of hydrogen-bond donors (Lipinski definition) is 2. The number of piperidine rings is 1. The third kappa shape index (κ3) is 3.10. The number of thiophene rings is 1. The number of aromatic nitrogens is 2. The molecule has 1 aliphatic rings. The molecule has 1 fully saturated rings. The zero-order valence-electron chi connectivity index (χ0n) is 12.1. The maximum absolute atomic E-state index is 4.46. The van der Waals surface area contributed by atoms with Gasteiger partial charge in [-0.05, 0) is 44.3 Å². The highest BCUT2D eigenvalue weighted by molar-refractivity contribution is 7.18. The van der Waals surface area contributed by atoms with Gasteiger partial charge in [-0.2, -0.15) is 0 Å². The van der Waals surface area contributed by atoms with Crippen LogP contribution in [0, 0.1) is 5.92 Å². The molecule has 2 aromatic rings. The molecule has 3 rings (SSSR count). The summed E-state index contributed by atoms with van der Waals surface area (Å²) < 4.78 is 0. The minimum atomic E-state index is 0.530. The predicted molar refractivity (Wildman–Crippen MR) is 85.5 cm³/mol. The summed E-state index contributed by atoms with van der Waals surface area (Å²) in [5.74, 6) is 1.69. The summed E-state index contributed by atoms with van der Waals surface area (Å²) in [6, 6.07) is 2.80. The first-order chi connectivity index (χ1) is 9.72. The maximum Gasteiger partial charge on any atom is 0.138 e. The first-order valence-electron chi connectivity index (χ1n) is 7.43. The topological polar surface area (TPSA) is 49.8 Å². The molecular formula is C15H22N4S. The van der Waals surface area contributed by atoms with Gasteiger partial charge < -0.3 is 10.6 Å². The lowest BCUT2D eigenvalue weighted by Crippen LogP contribution is -2.35. The molecule has 0 spiro atoms. The molecular weight excluding hydrogens is 268 g/mol. The van der Waals surface area contributed by atoms with Crippen molar-refractivity contribution in [2.75, 3.05) is 18.4 Å². The van der Waals surface area contributed by atoms with Gasteiger partial charge in [0.05, 0.1) is 5.39 Å². The summed E-state index contributed by atoms with van der Waals surface area (Å²) in [7, 11) is 0. The van der Waals surface area contributed by atoms with Gasteiger partial charge in [0.2, 0.25) is 0 Å². The summed E-state index contributed by atoms with van der Waals surface area (Å²) in [5, 5.41) is 8.19. The van der Waals surface area contributed by atoms with Gasteiger partial charge in [-0.3, -0.25) is 0 Å². The Bertz CT molecular complexity index is 572. The molecule has 0 amide bonds. The minimum absolute atomic E-state index is 0.530. The van der Waals surface area contributed by atoms with Crippen molar-refractivity contribution >= 4 is 27.4 Å². The van der Waals surface area contributed by atoms with Crippen LogP contribution in [0.15, 0.2) is 12.4 Å². The Morgan fingerprint density at radius 1 is 1.35 bits per heavy atom. The molecule has 4 nitrogen and oxygen atoms in total. The van der Waals surface area contributed by atoms with E-state index in [9.17, 15) is 0 Å². The molecule has 20 heavy (non-hydrogen) atoms. The predicted octanol–water partition coefficient (Wildman–Crippen LogP) is 3.05. The quantitative estimate of drug-likeness (QED) is 0.908. The van der Waals surface area contributed by atoms with Crippen LogP contribution in [-0.2, 0) is 6.42 Å². The van der Waals surface area contributed by atoms with Crippen molar-refractivity contribution in [3.8, 4) is 0 Å². The number of fused-ring (bicyclic) bond motifs is 1. The van der Waals surface area contributed by atoms with E-state index in [0.29, 0.717) is 12.0 Å². The Kier molecular flexibility index (Phi) is 4.17. The Labute approximate surface area is 124 Å². The van der Waals surface area contributed by atoms with Gasteiger partial charge in [0, 0.05) is 10.9 Å². The fourth-order valence-corrected chi connectivity index (χ4v) is 3.89. The van der Waals surface area contributed by atoms with Crippen LogP contribution in [0.3, 0.4) is 0 Å². The molecule has 3 heterocycles. The number of rotatable bonds is 4. The maximum atomic E-state index is 4.46. The first-order valence-corrected chi connectivity index (χ1v) is 8.24. The van der Waals surface area contributed by atoms with E-state index in [1.807, 2.05) is 0 Å². The molecule has 1 aliphatic heterocycles. The summed E-state index contributed by atoms with van der Waals surface area (Å²) in [6.07, 6.45) is 5.12. The molecule has 0 radical (unpaired) electrons. The van der Waals surface area contributed by atoms with Gasteiger partial charge in [-0.15, -0.1) is 11.3 Å². The van der Waals surface area contributed by atoms with Gasteiger partial charge in [0.25, 0.3) is 0 Å². The second kappa shape index (κ2) is 6.06. The van der Waals surface area contributed by atoms with Crippen LogP contribution in [0.5, 0.6) is 0 Å². The highest BCUT2D eigenvalue weighted by Crippen LogP contribution is 2.30. The average Bonchev–Trinajstić information content (AvgIpc) is 2.82. The summed E-state index contributed by atoms with van der Waals surface area (Å²) >= 11 is 1.80. The van der Waals surface area contributed by atoms with Gasteiger partial charge in [-0.25, -0.2) is 9.97 Å². The van der Waals surface area contributed by atoms with Crippen molar-refractivity contribution in [3.63, 3.8) is 0 Å². The van der Waals surface area contributed by atoms with Crippen molar-refractivity contribution in [2.45, 2.75) is 39.2 Å². The van der Waals surface area contributed by atoms with E-state index in [4.69, 9.17) is 0 Å². The normalized spacial score (nSPS) is 16.9. The van der Waals surface area contributed by atoms with E-state index in [2.05, 4.69) is 40.5 Å². The summed E-state index contributed by atoms with van der Waals surface area (Å²) in [6.45, 7) is 6.69. The third-order valence-electron chi connectivity index (χ3n) is 3.67. The largest absolute Gasteiger partial charge is 0.367 e. The van der Waals surface area contributed by atoms with Gasteiger partial charge in [0.1, 0.15) is 17.0 Å². The van der Waals surface area contributed by atoms with Crippen LogP contribution in [-0.4, -0.2) is 29.1 Å². The Morgan fingerprint density at radius 3 is 2.90 bits per heavy atom. The van der Waals surface area contributed by atoms with E-state index in [1.54, 1.807) is 17.7 Å². The van der Waals surface area contributed by atoms with Crippen LogP contribution < -0.4 is 10.6 Å². The number of nitrogens with one attached hydrogen (secondary N) is 2. The number of nitrogens with zero attached hydrogens (tertiary/aromatic N) is 2. The lowest BCUT2D eigenvalue weighted by atomic mass is 10.1. The molecule has 0 aliphatic carbocycles. The smallest absolute Gasteiger partial charge is 0.138 e. The van der Waals surface area contributed by atoms with Gasteiger partial charge in [0.15, 0.2) is 0 Å². The van der Waals surface area contributed by atoms with Crippen molar-refractivity contribution in [2.24, 2.45) is 5.92 Å². The van der Waals surface area contributed by atoms with Crippen LogP contribution in [0.1, 0.15) is 31.6 Å². The third-order valence-corrected chi connectivity index (χ3v) is 4.74. The highest BCUT2D eigenvalue weighted by atomic mass is 32.1. The molecule has 0 aromatic carbocycles. The molecule has 5 heteroatoms. The fraction of sp³-hybridized carbons (Fsp3) is 0.600. The molecule has 0 unspecified atom stereocenters. The Hall–Kier alpha value is -1.20. The second-order valence-corrected chi connectivity index (χ2v) is 7.04. The summed E-state index contributed by atoms with van der Waals surface area (Å²) in [5.41, 5.74) is 0. The lowest BCUT2D eigenvalue weighted by Gasteiger charge is -2.24. The molecule has 108 valence electrons. The molecule has 2 aromatic heterocycles. The molecule has 1 saturated heterocycles. The van der Waals surface area contributed by atoms with Crippen LogP contribution >= 0.6 is 11.3 Å². The molecule has 0 saturated carbocycles. The van der Waals surface area contributed by atoms with Gasteiger partial charge in [-0.1, -0.05) is 13.8 Å². The fourth-order valence-electron chi connectivity index (χ4n) is 2.68. The average molecular weight is 290 g/mol. The molecule has 0 atom stereocenters. The van der Waals surface area contributed by atoms with Crippen molar-refractivity contribution in [1.29, 1.82) is 0 Å². The second-order valence-electron chi connectivity index (χ2n) is 5.92. The SMILES string of the molecule is CC(C)Cc1cc2c(NC3CCNCC3)ncnc2s1. The van der Waals surface area contributed by atoms with Crippen LogP contribution in [0.25, 0.3) is 10.2 Å². The molecule has 0 bridgehead atoms. The van der Waals surface area contributed by atoms with Crippen molar-refractivity contribution < 1.29 is 0 Å². The minimum Gasteiger partial charge on any atom is -0.367 e. The van der Waals surface area contributed by atoms with Crippen molar-refractivity contribution in [3.05, 3.63) is 17.3 Å². The Morgan fingerprint density at radius 2 is 2.15 bits per heavy atom. The zero-order chi connectivity index (χ0) is 13.9. The standard InChI is InChI=1S/C15H22N4S/c1-10(2)7-12-8-13-14(17-9-18-15(13)20-12)19-11-3-5-16-6-4-11/h8-11,16H,3-7H2,1-2H3,(H,17,18,19). The Balaban J connectivity index is 1.84. The monoisotopic (exact) mass is 290 g/mol. The van der Waals surface area contributed by atoms with Crippen LogP contribution in [0.4, 0.5) is 5.82 Å². The van der Waals surface area contributed by atoms with E-state index in [0.717, 1.165) is 43.0 Å². The summed E-state index contributed by atoms with van der Waals surface area (Å²) in [4.78, 5) is 11.4. The van der Waals surface area contributed by atoms with Crippen molar-refractivity contribution in [1.82, 2.24) is 15.3 Å². The molecule has 2 N–H and O–H groups in total. The number of hydrogen-bond acceptors (Lipinski definition) is 5. The zero-order valence-corrected chi connectivity index (χ0v) is 13.0. The van der Waals surface area contributed by atoms with E-state index >= 15 is 0 Å².